The Kier molecular flexibility index (Phi) is 2.68. The number of hydrogen-bond donors (Lipinski definition) is 1. The minimum absolute atomic E-state index is 0.0697. The van der Waals surface area contributed by atoms with Crippen molar-refractivity contribution in [1.82, 2.24) is 15.0 Å². The van der Waals surface area contributed by atoms with Crippen LogP contribution in [0.15, 0.2) is 29.1 Å². The molecule has 0 fully saturated rings. The molecular formula is C11H11N3O2. The van der Waals surface area contributed by atoms with Crippen LogP contribution in [0.25, 0.3) is 11.4 Å². The van der Waals surface area contributed by atoms with Crippen molar-refractivity contribution in [2.45, 2.75) is 6.92 Å². The van der Waals surface area contributed by atoms with E-state index in [-0.39, 0.29) is 6.01 Å². The number of methoxy groups -OCH3 is 1. The van der Waals surface area contributed by atoms with Gasteiger partial charge < -0.3 is 4.74 Å². The summed E-state index contributed by atoms with van der Waals surface area (Å²) in [6.45, 7) is 1.97. The molecule has 1 N–H and O–H groups in total. The highest BCUT2D eigenvalue weighted by Crippen LogP contribution is 2.15. The van der Waals surface area contributed by atoms with Crippen molar-refractivity contribution in [1.29, 1.82) is 0 Å². The zero-order chi connectivity index (χ0) is 11.5. The molecule has 0 aliphatic carbocycles. The molecule has 1 heterocycles. The molecule has 2 aromatic rings. The summed E-state index contributed by atoms with van der Waals surface area (Å²) >= 11 is 0. The average molecular weight is 217 g/mol. The third-order valence-corrected chi connectivity index (χ3v) is 2.10. The van der Waals surface area contributed by atoms with Crippen LogP contribution in [-0.4, -0.2) is 22.1 Å². The maximum Gasteiger partial charge on any atom is 0.351 e. The van der Waals surface area contributed by atoms with Gasteiger partial charge in [0.05, 0.1) is 7.11 Å². The van der Waals surface area contributed by atoms with Crippen molar-refractivity contribution in [3.8, 4) is 17.4 Å². The predicted octanol–water partition coefficient (Wildman–Crippen LogP) is 1.15. The lowest BCUT2D eigenvalue weighted by atomic mass is 10.1. The standard InChI is InChI=1S/C11H11N3O2/c1-7-4-3-5-8(6-7)9-12-10(15)14-11(13-9)16-2/h3-6H,1-2H3,(H,12,13,14,15). The van der Waals surface area contributed by atoms with E-state index in [1.165, 1.54) is 7.11 Å². The fourth-order valence-electron chi connectivity index (χ4n) is 1.39. The second-order valence-electron chi connectivity index (χ2n) is 3.36. The quantitative estimate of drug-likeness (QED) is 0.819. The van der Waals surface area contributed by atoms with Gasteiger partial charge in [-0.15, -0.1) is 4.98 Å². The highest BCUT2D eigenvalue weighted by atomic mass is 16.5. The summed E-state index contributed by atoms with van der Waals surface area (Å²) in [5.41, 5.74) is 1.46. The Labute approximate surface area is 92.2 Å². The summed E-state index contributed by atoms with van der Waals surface area (Å²) in [6.07, 6.45) is 0. The van der Waals surface area contributed by atoms with Crippen LogP contribution in [-0.2, 0) is 0 Å². The molecule has 0 bridgehead atoms. The average Bonchev–Trinajstić information content (AvgIpc) is 2.28. The topological polar surface area (TPSA) is 67.9 Å². The van der Waals surface area contributed by atoms with Crippen LogP contribution in [0.3, 0.4) is 0 Å². The first-order chi connectivity index (χ1) is 7.69. The van der Waals surface area contributed by atoms with Crippen LogP contribution < -0.4 is 10.4 Å². The molecule has 0 saturated carbocycles. The number of aromatic nitrogens is 3. The lowest BCUT2D eigenvalue weighted by molar-refractivity contribution is 0.377. The third kappa shape index (κ3) is 2.08. The van der Waals surface area contributed by atoms with Crippen molar-refractivity contribution in [3.63, 3.8) is 0 Å². The molecule has 0 unspecified atom stereocenters. The van der Waals surface area contributed by atoms with E-state index in [1.54, 1.807) is 0 Å². The van der Waals surface area contributed by atoms with Gasteiger partial charge in [0.2, 0.25) is 0 Å². The largest absolute Gasteiger partial charge is 0.467 e. The molecule has 1 aromatic heterocycles. The van der Waals surface area contributed by atoms with Gasteiger partial charge in [0.1, 0.15) is 5.82 Å². The van der Waals surface area contributed by atoms with Gasteiger partial charge in [0.25, 0.3) is 0 Å². The second kappa shape index (κ2) is 4.14. The summed E-state index contributed by atoms with van der Waals surface area (Å²) in [7, 11) is 1.43. The van der Waals surface area contributed by atoms with E-state index in [0.29, 0.717) is 5.82 Å². The van der Waals surface area contributed by atoms with Crippen LogP contribution in [0.2, 0.25) is 0 Å². The molecule has 0 radical (unpaired) electrons. The number of rotatable bonds is 2. The van der Waals surface area contributed by atoms with E-state index in [9.17, 15) is 4.79 Å². The SMILES string of the molecule is COc1nc(-c2cccc(C)c2)[nH]c(=O)n1. The minimum atomic E-state index is -0.469. The van der Waals surface area contributed by atoms with Crippen molar-refractivity contribution in [3.05, 3.63) is 40.3 Å². The van der Waals surface area contributed by atoms with Gasteiger partial charge in [-0.3, -0.25) is 4.98 Å². The first-order valence-electron chi connectivity index (χ1n) is 4.78. The number of hydrogen-bond acceptors (Lipinski definition) is 4. The van der Waals surface area contributed by atoms with Gasteiger partial charge in [-0.1, -0.05) is 23.8 Å². The molecule has 0 aliphatic heterocycles. The molecule has 1 aromatic carbocycles. The van der Waals surface area contributed by atoms with Crippen molar-refractivity contribution >= 4 is 0 Å². The van der Waals surface area contributed by atoms with E-state index >= 15 is 0 Å². The summed E-state index contributed by atoms with van der Waals surface area (Å²) < 4.78 is 4.85. The van der Waals surface area contributed by atoms with Crippen LogP contribution in [0.4, 0.5) is 0 Å². The lowest BCUT2D eigenvalue weighted by Crippen LogP contribution is -2.14. The van der Waals surface area contributed by atoms with Gasteiger partial charge in [0, 0.05) is 5.56 Å². The van der Waals surface area contributed by atoms with Gasteiger partial charge in [0.15, 0.2) is 0 Å². The maximum absolute atomic E-state index is 11.2. The first kappa shape index (κ1) is 10.4. The lowest BCUT2D eigenvalue weighted by Gasteiger charge is -2.02. The van der Waals surface area contributed by atoms with E-state index < -0.39 is 5.69 Å². The van der Waals surface area contributed by atoms with E-state index in [0.717, 1.165) is 11.1 Å². The summed E-state index contributed by atoms with van der Waals surface area (Å²) in [5.74, 6) is 0.459. The molecule has 16 heavy (non-hydrogen) atoms. The Hall–Kier alpha value is -2.17. The second-order valence-corrected chi connectivity index (χ2v) is 3.36. The van der Waals surface area contributed by atoms with Crippen molar-refractivity contribution in [2.24, 2.45) is 0 Å². The molecule has 5 heteroatoms. The Morgan fingerprint density at radius 3 is 2.81 bits per heavy atom. The third-order valence-electron chi connectivity index (χ3n) is 2.10. The summed E-state index contributed by atoms with van der Waals surface area (Å²) in [5, 5.41) is 0. The predicted molar refractivity (Wildman–Crippen MR) is 59.4 cm³/mol. The highest BCUT2D eigenvalue weighted by Gasteiger charge is 2.04. The summed E-state index contributed by atoms with van der Waals surface area (Å²) in [6, 6.07) is 7.74. The Balaban J connectivity index is 2.55. The number of nitrogens with one attached hydrogen (secondary N) is 1. The molecule has 0 saturated heterocycles. The smallest absolute Gasteiger partial charge is 0.351 e. The highest BCUT2D eigenvalue weighted by molar-refractivity contribution is 5.55. The molecule has 0 aliphatic rings. The van der Waals surface area contributed by atoms with Crippen molar-refractivity contribution < 1.29 is 4.74 Å². The van der Waals surface area contributed by atoms with Crippen LogP contribution >= 0.6 is 0 Å². The van der Waals surface area contributed by atoms with E-state index in [1.807, 2.05) is 31.2 Å². The number of H-pyrrole nitrogens is 1. The number of ether oxygens (including phenoxy) is 1. The molecule has 5 nitrogen and oxygen atoms in total. The van der Waals surface area contributed by atoms with Gasteiger partial charge in [-0.05, 0) is 13.0 Å². The summed E-state index contributed by atoms with van der Waals surface area (Å²) in [4.78, 5) is 21.4. The monoisotopic (exact) mass is 217 g/mol. The zero-order valence-corrected chi connectivity index (χ0v) is 9.02. The minimum Gasteiger partial charge on any atom is -0.467 e. The van der Waals surface area contributed by atoms with Gasteiger partial charge in [-0.25, -0.2) is 4.79 Å². The molecule has 82 valence electrons. The van der Waals surface area contributed by atoms with E-state index in [4.69, 9.17) is 4.74 Å². The molecule has 0 spiro atoms. The molecule has 0 amide bonds. The molecule has 0 atom stereocenters. The number of nitrogens with zero attached hydrogens (tertiary/aromatic N) is 2. The number of aromatic amines is 1. The van der Waals surface area contributed by atoms with Gasteiger partial charge >= 0.3 is 11.7 Å². The Morgan fingerprint density at radius 2 is 2.12 bits per heavy atom. The Bertz CT molecular complexity index is 563. The van der Waals surface area contributed by atoms with Gasteiger partial charge in [-0.2, -0.15) is 4.98 Å². The molecule has 2 rings (SSSR count). The zero-order valence-electron chi connectivity index (χ0n) is 9.02. The Morgan fingerprint density at radius 1 is 1.31 bits per heavy atom. The van der Waals surface area contributed by atoms with E-state index in [2.05, 4.69) is 15.0 Å². The fraction of sp³-hybridized carbons (Fsp3) is 0.182. The number of benzene rings is 1. The van der Waals surface area contributed by atoms with Crippen LogP contribution in [0.5, 0.6) is 6.01 Å². The number of aryl methyl sites for hydroxylation is 1. The fourth-order valence-corrected chi connectivity index (χ4v) is 1.39. The van der Waals surface area contributed by atoms with Crippen LogP contribution in [0.1, 0.15) is 5.56 Å². The van der Waals surface area contributed by atoms with Crippen molar-refractivity contribution in [2.75, 3.05) is 7.11 Å². The molecular weight excluding hydrogens is 206 g/mol. The van der Waals surface area contributed by atoms with Crippen LogP contribution in [0, 0.1) is 6.92 Å². The maximum atomic E-state index is 11.2. The first-order valence-corrected chi connectivity index (χ1v) is 4.78. The normalized spacial score (nSPS) is 10.1.